The number of rotatable bonds is 2. The molecule has 112 valence electrons. The summed E-state index contributed by atoms with van der Waals surface area (Å²) in [7, 11) is 0. The molecule has 2 aromatic carbocycles. The number of alkyl halides is 2. The first-order chi connectivity index (χ1) is 10.4. The Labute approximate surface area is 146 Å². The van der Waals surface area contributed by atoms with Gasteiger partial charge in [-0.3, -0.25) is 9.59 Å². The van der Waals surface area contributed by atoms with Crippen molar-refractivity contribution in [1.82, 2.24) is 0 Å². The summed E-state index contributed by atoms with van der Waals surface area (Å²) in [5.74, 6) is -0.790. The molecule has 0 radical (unpaired) electrons. The molecule has 0 saturated carbocycles. The number of anilines is 1. The number of halogens is 4. The summed E-state index contributed by atoms with van der Waals surface area (Å²) < 4.78 is 0. The number of carbonyl (C=O) groups is 2. The molecule has 0 bridgehead atoms. The molecule has 3 nitrogen and oxygen atoms in total. The smallest absolute Gasteiger partial charge is 0.257 e. The van der Waals surface area contributed by atoms with E-state index in [1.54, 1.807) is 30.3 Å². The zero-order chi connectivity index (χ0) is 16.0. The number of fused-ring (bicyclic) bond motifs is 3. The number of hydrogen-bond donors (Lipinski definition) is 1. The molecule has 0 saturated heterocycles. The van der Waals surface area contributed by atoms with Crippen LogP contribution in [-0.4, -0.2) is 16.5 Å². The molecule has 22 heavy (non-hydrogen) atoms. The van der Waals surface area contributed by atoms with Gasteiger partial charge in [0.25, 0.3) is 5.91 Å². The van der Waals surface area contributed by atoms with Crippen LogP contribution < -0.4 is 5.32 Å². The fourth-order valence-corrected chi connectivity index (χ4v) is 2.93. The summed E-state index contributed by atoms with van der Waals surface area (Å²) in [6.45, 7) is 0. The summed E-state index contributed by atoms with van der Waals surface area (Å²) in [5, 5.41) is 3.36. The minimum absolute atomic E-state index is 0.196. The first-order valence-corrected chi connectivity index (χ1v) is 7.78. The van der Waals surface area contributed by atoms with Crippen molar-refractivity contribution in [2.45, 2.75) is 4.84 Å². The van der Waals surface area contributed by atoms with Gasteiger partial charge in [-0.2, -0.15) is 0 Å². The van der Waals surface area contributed by atoms with Crippen LogP contribution in [0.15, 0.2) is 30.3 Å². The second-order valence-corrected chi connectivity index (χ2v) is 6.65. The maximum Gasteiger partial charge on any atom is 0.257 e. The highest BCUT2D eigenvalue weighted by Gasteiger charge is 2.30. The molecular weight excluding hydrogens is 368 g/mol. The molecule has 0 fully saturated rings. The Bertz CT molecular complexity index is 817. The minimum Gasteiger partial charge on any atom is -0.323 e. The van der Waals surface area contributed by atoms with E-state index in [1.807, 2.05) is 0 Å². The predicted molar refractivity (Wildman–Crippen MR) is 89.5 cm³/mol. The average Bonchev–Trinajstić information content (AvgIpc) is 2.72. The van der Waals surface area contributed by atoms with E-state index in [4.69, 9.17) is 46.4 Å². The number of carbonyl (C=O) groups excluding carboxylic acids is 2. The molecular formula is C15H7Cl4NO2. The zero-order valence-corrected chi connectivity index (χ0v) is 13.8. The molecule has 0 atom stereocenters. The van der Waals surface area contributed by atoms with Crippen LogP contribution in [-0.2, 0) is 4.79 Å². The van der Waals surface area contributed by atoms with E-state index in [9.17, 15) is 9.59 Å². The topological polar surface area (TPSA) is 46.2 Å². The van der Waals surface area contributed by atoms with Gasteiger partial charge in [-0.15, -0.1) is 0 Å². The third-order valence-corrected chi connectivity index (χ3v) is 4.15. The molecule has 2 aromatic rings. The van der Waals surface area contributed by atoms with Gasteiger partial charge in [-0.05, 0) is 29.8 Å². The van der Waals surface area contributed by atoms with Crippen LogP contribution in [0.3, 0.4) is 0 Å². The van der Waals surface area contributed by atoms with Gasteiger partial charge in [0, 0.05) is 26.7 Å². The molecule has 0 aliphatic heterocycles. The maximum atomic E-state index is 12.5. The Balaban J connectivity index is 2.20. The van der Waals surface area contributed by atoms with Crippen LogP contribution in [0.4, 0.5) is 5.69 Å². The SMILES string of the molecule is O=C1c2cc(Cl)ccc2-c2c(NC(=O)C(Cl)Cl)cc(Cl)cc21. The second-order valence-electron chi connectivity index (χ2n) is 4.68. The van der Waals surface area contributed by atoms with E-state index >= 15 is 0 Å². The predicted octanol–water partition coefficient (Wildman–Crippen LogP) is 4.95. The molecule has 0 unspecified atom stereocenters. The largest absolute Gasteiger partial charge is 0.323 e. The Hall–Kier alpha value is -1.26. The van der Waals surface area contributed by atoms with Crippen LogP contribution >= 0.6 is 46.4 Å². The lowest BCUT2D eigenvalue weighted by Gasteiger charge is -2.12. The van der Waals surface area contributed by atoms with Crippen molar-refractivity contribution in [3.05, 3.63) is 51.5 Å². The standard InChI is InChI=1S/C15H7Cl4NO2/c16-6-1-2-8-9(3-6)13(21)10-4-7(17)5-11(12(8)10)20-15(22)14(18)19/h1-5,14H,(H,20,22). The number of benzene rings is 2. The first kappa shape index (κ1) is 15.6. The number of amides is 1. The summed E-state index contributed by atoms with van der Waals surface area (Å²) >= 11 is 23.1. The molecule has 7 heteroatoms. The van der Waals surface area contributed by atoms with Gasteiger partial charge in [0.05, 0.1) is 5.69 Å². The Morgan fingerprint density at radius 1 is 0.955 bits per heavy atom. The monoisotopic (exact) mass is 373 g/mol. The zero-order valence-electron chi connectivity index (χ0n) is 10.8. The van der Waals surface area contributed by atoms with Crippen molar-refractivity contribution in [1.29, 1.82) is 0 Å². The number of nitrogens with one attached hydrogen (secondary N) is 1. The van der Waals surface area contributed by atoms with Crippen molar-refractivity contribution in [3.8, 4) is 11.1 Å². The van der Waals surface area contributed by atoms with Crippen LogP contribution in [0, 0.1) is 0 Å². The highest BCUT2D eigenvalue weighted by atomic mass is 35.5. The van der Waals surface area contributed by atoms with Gasteiger partial charge in [-0.25, -0.2) is 0 Å². The first-order valence-electron chi connectivity index (χ1n) is 6.15. The van der Waals surface area contributed by atoms with E-state index < -0.39 is 10.7 Å². The Kier molecular flexibility index (Phi) is 4.08. The van der Waals surface area contributed by atoms with Gasteiger partial charge in [-0.1, -0.05) is 52.5 Å². The van der Waals surface area contributed by atoms with Crippen LogP contribution in [0.25, 0.3) is 11.1 Å². The average molecular weight is 375 g/mol. The number of ketones is 1. The fourth-order valence-electron chi connectivity index (χ4n) is 2.43. The lowest BCUT2D eigenvalue weighted by Crippen LogP contribution is -2.19. The van der Waals surface area contributed by atoms with Crippen molar-refractivity contribution in [3.63, 3.8) is 0 Å². The molecule has 3 rings (SSSR count). The number of hydrogen-bond acceptors (Lipinski definition) is 2. The van der Waals surface area contributed by atoms with Gasteiger partial charge >= 0.3 is 0 Å². The third kappa shape index (κ3) is 2.59. The van der Waals surface area contributed by atoms with Crippen molar-refractivity contribution in [2.24, 2.45) is 0 Å². The Morgan fingerprint density at radius 2 is 1.64 bits per heavy atom. The van der Waals surface area contributed by atoms with Gasteiger partial charge in [0.1, 0.15) is 0 Å². The fraction of sp³-hybridized carbons (Fsp3) is 0.0667. The van der Waals surface area contributed by atoms with Gasteiger partial charge in [0.2, 0.25) is 0 Å². The highest BCUT2D eigenvalue weighted by Crippen LogP contribution is 2.43. The Morgan fingerprint density at radius 3 is 2.32 bits per heavy atom. The van der Waals surface area contributed by atoms with Crippen LogP contribution in [0.1, 0.15) is 15.9 Å². The van der Waals surface area contributed by atoms with Crippen LogP contribution in [0.2, 0.25) is 10.0 Å². The van der Waals surface area contributed by atoms with Crippen molar-refractivity contribution >= 4 is 63.8 Å². The summed E-state index contributed by atoms with van der Waals surface area (Å²) in [6, 6.07) is 8.09. The van der Waals surface area contributed by atoms with Crippen LogP contribution in [0.5, 0.6) is 0 Å². The normalized spacial score (nSPS) is 12.3. The van der Waals surface area contributed by atoms with E-state index in [0.717, 1.165) is 0 Å². The van der Waals surface area contributed by atoms with Crippen molar-refractivity contribution in [2.75, 3.05) is 5.32 Å². The van der Waals surface area contributed by atoms with E-state index in [-0.39, 0.29) is 5.78 Å². The van der Waals surface area contributed by atoms with E-state index in [0.29, 0.717) is 38.0 Å². The summed E-state index contributed by atoms with van der Waals surface area (Å²) in [4.78, 5) is 23.0. The second kappa shape index (κ2) is 5.74. The quantitative estimate of drug-likeness (QED) is 0.645. The minimum atomic E-state index is -1.23. The molecule has 1 amide bonds. The van der Waals surface area contributed by atoms with Gasteiger partial charge < -0.3 is 5.32 Å². The molecule has 1 aliphatic rings. The summed E-state index contributed by atoms with van der Waals surface area (Å²) in [5.41, 5.74) is 2.52. The molecule has 1 N–H and O–H groups in total. The third-order valence-electron chi connectivity index (χ3n) is 3.30. The highest BCUT2D eigenvalue weighted by molar-refractivity contribution is 6.54. The molecule has 0 heterocycles. The lowest BCUT2D eigenvalue weighted by atomic mass is 10.0. The molecule has 0 aromatic heterocycles. The summed E-state index contributed by atoms with van der Waals surface area (Å²) in [6.07, 6.45) is 0. The van der Waals surface area contributed by atoms with Gasteiger partial charge in [0.15, 0.2) is 10.6 Å². The maximum absolute atomic E-state index is 12.5. The van der Waals surface area contributed by atoms with E-state index in [2.05, 4.69) is 5.32 Å². The van der Waals surface area contributed by atoms with Crippen molar-refractivity contribution < 1.29 is 9.59 Å². The lowest BCUT2D eigenvalue weighted by molar-refractivity contribution is -0.114. The van der Waals surface area contributed by atoms with E-state index in [1.165, 1.54) is 0 Å². The molecule has 0 spiro atoms. The molecule has 1 aliphatic carbocycles.